The van der Waals surface area contributed by atoms with Gasteiger partial charge in [0.1, 0.15) is 0 Å². The summed E-state index contributed by atoms with van der Waals surface area (Å²) >= 11 is 0. The van der Waals surface area contributed by atoms with Gasteiger partial charge in [0.05, 0.1) is 11.4 Å². The lowest BCUT2D eigenvalue weighted by Crippen LogP contribution is -2.36. The first-order valence-corrected chi connectivity index (χ1v) is 12.0. The van der Waals surface area contributed by atoms with Gasteiger partial charge in [0, 0.05) is 30.8 Å². The predicted molar refractivity (Wildman–Crippen MR) is 120 cm³/mol. The highest BCUT2D eigenvalue weighted by atomic mass is 32.2. The lowest BCUT2D eigenvalue weighted by Gasteiger charge is -2.19. The van der Waals surface area contributed by atoms with Crippen LogP contribution in [0, 0.1) is 0 Å². The molecule has 0 bridgehead atoms. The Kier molecular flexibility index (Phi) is 6.08. The fourth-order valence-electron chi connectivity index (χ4n) is 3.48. The maximum atomic E-state index is 12.6. The number of rotatable bonds is 8. The van der Waals surface area contributed by atoms with E-state index in [1.807, 2.05) is 24.3 Å². The van der Waals surface area contributed by atoms with Crippen molar-refractivity contribution in [1.29, 1.82) is 0 Å². The Labute approximate surface area is 182 Å². The molecule has 0 atom stereocenters. The second-order valence-corrected chi connectivity index (χ2v) is 9.77. The van der Waals surface area contributed by atoms with Crippen molar-refractivity contribution in [3.63, 3.8) is 0 Å². The summed E-state index contributed by atoms with van der Waals surface area (Å²) in [7, 11) is -3.50. The first-order chi connectivity index (χ1) is 14.9. The van der Waals surface area contributed by atoms with E-state index in [4.69, 9.17) is 0 Å². The molecule has 1 saturated carbocycles. The maximum absolute atomic E-state index is 12.6. The Balaban J connectivity index is 1.25. The number of anilines is 1. The zero-order valence-electron chi connectivity index (χ0n) is 17.1. The average Bonchev–Trinajstić information content (AvgIpc) is 3.46. The van der Waals surface area contributed by atoms with Gasteiger partial charge in [-0.05, 0) is 54.7 Å². The van der Waals surface area contributed by atoms with Gasteiger partial charge in [0.2, 0.25) is 15.9 Å². The number of hydrogen-bond acceptors (Lipinski definition) is 4. The van der Waals surface area contributed by atoms with Crippen molar-refractivity contribution in [2.75, 3.05) is 23.1 Å². The molecule has 2 aromatic carbocycles. The molecule has 7 nitrogen and oxygen atoms in total. The molecule has 0 spiro atoms. The molecule has 162 valence electrons. The summed E-state index contributed by atoms with van der Waals surface area (Å²) < 4.78 is 26.7. The zero-order valence-corrected chi connectivity index (χ0v) is 17.9. The zero-order chi connectivity index (χ0) is 21.8. The third-order valence-corrected chi connectivity index (χ3v) is 7.12. The van der Waals surface area contributed by atoms with E-state index in [1.54, 1.807) is 30.3 Å². The highest BCUT2D eigenvalue weighted by molar-refractivity contribution is 7.92. The van der Waals surface area contributed by atoms with E-state index in [-0.39, 0.29) is 24.1 Å². The van der Waals surface area contributed by atoms with Crippen LogP contribution in [0.5, 0.6) is 0 Å². The number of nitrogens with zero attached hydrogens (tertiary/aromatic N) is 1. The standard InChI is InChI=1S/C23H25N3O4S/c27-22(12-7-17-5-8-19(9-6-17)23(28)25-20-10-11-20)24-14-16-31(29,30)26-15-13-18-3-1-2-4-21(18)26/h1-9,12,20H,10-11,13-16H2,(H,24,27)(H,25,28)/b12-7+. The Morgan fingerprint density at radius 3 is 2.55 bits per heavy atom. The third-order valence-electron chi connectivity index (χ3n) is 5.35. The van der Waals surface area contributed by atoms with Crippen LogP contribution in [0.1, 0.15) is 34.3 Å². The molecule has 1 aliphatic carbocycles. The summed E-state index contributed by atoms with van der Waals surface area (Å²) in [5.74, 6) is -0.615. The van der Waals surface area contributed by atoms with Crippen LogP contribution >= 0.6 is 0 Å². The summed E-state index contributed by atoms with van der Waals surface area (Å²) in [6, 6.07) is 14.7. The van der Waals surface area contributed by atoms with Crippen LogP contribution in [0.4, 0.5) is 5.69 Å². The van der Waals surface area contributed by atoms with Crippen LogP contribution in [-0.4, -0.2) is 45.1 Å². The van der Waals surface area contributed by atoms with Gasteiger partial charge in [-0.3, -0.25) is 13.9 Å². The van der Waals surface area contributed by atoms with Gasteiger partial charge < -0.3 is 10.6 Å². The molecule has 2 aliphatic rings. The number of carbonyl (C=O) groups excluding carboxylic acids is 2. The highest BCUT2D eigenvalue weighted by Gasteiger charge is 2.28. The molecule has 0 aromatic heterocycles. The molecule has 1 heterocycles. The van der Waals surface area contributed by atoms with E-state index in [0.717, 1.165) is 29.7 Å². The minimum atomic E-state index is -3.50. The summed E-state index contributed by atoms with van der Waals surface area (Å²) in [6.45, 7) is 0.467. The minimum absolute atomic E-state index is 0.0322. The molecule has 1 fully saturated rings. The van der Waals surface area contributed by atoms with Gasteiger partial charge in [-0.2, -0.15) is 0 Å². The van der Waals surface area contributed by atoms with Crippen molar-refractivity contribution in [2.24, 2.45) is 0 Å². The van der Waals surface area contributed by atoms with Crippen LogP contribution in [-0.2, 0) is 21.2 Å². The number of para-hydroxylation sites is 1. The van der Waals surface area contributed by atoms with E-state index < -0.39 is 10.0 Å². The number of nitrogens with one attached hydrogen (secondary N) is 2. The molecule has 31 heavy (non-hydrogen) atoms. The Morgan fingerprint density at radius 1 is 1.06 bits per heavy atom. The smallest absolute Gasteiger partial charge is 0.251 e. The van der Waals surface area contributed by atoms with E-state index in [1.165, 1.54) is 10.4 Å². The molecule has 0 unspecified atom stereocenters. The summed E-state index contributed by atoms with van der Waals surface area (Å²) in [4.78, 5) is 24.0. The minimum Gasteiger partial charge on any atom is -0.351 e. The van der Waals surface area contributed by atoms with Crippen LogP contribution in [0.3, 0.4) is 0 Å². The summed E-state index contributed by atoms with van der Waals surface area (Å²) in [5.41, 5.74) is 3.11. The van der Waals surface area contributed by atoms with E-state index in [9.17, 15) is 18.0 Å². The number of sulfonamides is 1. The van der Waals surface area contributed by atoms with Crippen molar-refractivity contribution in [3.8, 4) is 0 Å². The molecular weight excluding hydrogens is 414 g/mol. The topological polar surface area (TPSA) is 95.6 Å². The van der Waals surface area contributed by atoms with E-state index in [2.05, 4.69) is 10.6 Å². The second-order valence-electron chi connectivity index (χ2n) is 7.76. The number of hydrogen-bond donors (Lipinski definition) is 2. The van der Waals surface area contributed by atoms with Crippen molar-refractivity contribution in [1.82, 2.24) is 10.6 Å². The van der Waals surface area contributed by atoms with E-state index in [0.29, 0.717) is 24.6 Å². The van der Waals surface area contributed by atoms with Gasteiger partial charge in [0.25, 0.3) is 5.91 Å². The van der Waals surface area contributed by atoms with Gasteiger partial charge in [0.15, 0.2) is 0 Å². The van der Waals surface area contributed by atoms with Gasteiger partial charge in [-0.25, -0.2) is 8.42 Å². The Bertz CT molecular complexity index is 1110. The second kappa shape index (κ2) is 8.93. The lowest BCUT2D eigenvalue weighted by atomic mass is 10.1. The molecule has 8 heteroatoms. The van der Waals surface area contributed by atoms with Gasteiger partial charge in [-0.1, -0.05) is 30.3 Å². The molecule has 1 aliphatic heterocycles. The molecule has 2 amide bonds. The fourth-order valence-corrected chi connectivity index (χ4v) is 4.91. The predicted octanol–water partition coefficient (Wildman–Crippen LogP) is 2.10. The van der Waals surface area contributed by atoms with Gasteiger partial charge in [-0.15, -0.1) is 0 Å². The van der Waals surface area contributed by atoms with Crippen molar-refractivity contribution < 1.29 is 18.0 Å². The Morgan fingerprint density at radius 2 is 1.81 bits per heavy atom. The first kappa shape index (κ1) is 21.1. The van der Waals surface area contributed by atoms with Crippen LogP contribution in [0.25, 0.3) is 6.08 Å². The highest BCUT2D eigenvalue weighted by Crippen LogP contribution is 2.29. The fraction of sp³-hybridized carbons (Fsp3) is 0.304. The largest absolute Gasteiger partial charge is 0.351 e. The van der Waals surface area contributed by atoms with Gasteiger partial charge >= 0.3 is 0 Å². The monoisotopic (exact) mass is 439 g/mol. The van der Waals surface area contributed by atoms with Crippen LogP contribution in [0.2, 0.25) is 0 Å². The third kappa shape index (κ3) is 5.32. The van der Waals surface area contributed by atoms with Crippen molar-refractivity contribution in [2.45, 2.75) is 25.3 Å². The SMILES string of the molecule is O=C(/C=C/c1ccc(C(=O)NC2CC2)cc1)NCCS(=O)(=O)N1CCc2ccccc21. The normalized spacial score (nSPS) is 15.7. The summed E-state index contributed by atoms with van der Waals surface area (Å²) in [6.07, 6.45) is 5.76. The number of fused-ring (bicyclic) bond motifs is 1. The molecule has 2 aromatic rings. The van der Waals surface area contributed by atoms with Crippen LogP contribution in [0.15, 0.2) is 54.6 Å². The molecule has 4 rings (SSSR count). The average molecular weight is 440 g/mol. The number of benzene rings is 2. The Hall–Kier alpha value is -3.13. The molecule has 2 N–H and O–H groups in total. The first-order valence-electron chi connectivity index (χ1n) is 10.4. The van der Waals surface area contributed by atoms with Crippen molar-refractivity contribution in [3.05, 3.63) is 71.3 Å². The number of amides is 2. The lowest BCUT2D eigenvalue weighted by molar-refractivity contribution is -0.116. The molecule has 0 radical (unpaired) electrons. The van der Waals surface area contributed by atoms with Crippen molar-refractivity contribution >= 4 is 33.6 Å². The maximum Gasteiger partial charge on any atom is 0.251 e. The summed E-state index contributed by atoms with van der Waals surface area (Å²) in [5, 5.41) is 5.55. The number of carbonyl (C=O) groups is 2. The quantitative estimate of drug-likeness (QED) is 0.616. The molecule has 0 saturated heterocycles. The van der Waals surface area contributed by atoms with E-state index >= 15 is 0 Å². The molecular formula is C23H25N3O4S. The van der Waals surface area contributed by atoms with Crippen LogP contribution < -0.4 is 14.9 Å².